The Labute approximate surface area is 186 Å². The number of methoxy groups -OCH3 is 1. The number of amides is 1. The Hall–Kier alpha value is -1.98. The number of hydrogen-bond acceptors (Lipinski definition) is 8. The van der Waals surface area contributed by atoms with Gasteiger partial charge in [0, 0.05) is 25.1 Å². The van der Waals surface area contributed by atoms with E-state index in [9.17, 15) is 18.0 Å². The lowest BCUT2D eigenvalue weighted by Crippen LogP contribution is -2.48. The molecule has 1 saturated heterocycles. The molecule has 2 heterocycles. The maximum atomic E-state index is 13.0. The number of carbonyl (C=O) groups is 2. The molecular weight excluding hydrogens is 444 g/mol. The van der Waals surface area contributed by atoms with Crippen LogP contribution < -0.4 is 14.8 Å². The molecule has 2 aliphatic heterocycles. The van der Waals surface area contributed by atoms with Crippen LogP contribution in [-0.2, 0) is 24.3 Å². The first-order chi connectivity index (χ1) is 14.9. The molecule has 0 aliphatic carbocycles. The number of fused-ring (bicyclic) bond motifs is 1. The molecule has 0 aromatic heterocycles. The van der Waals surface area contributed by atoms with E-state index in [0.29, 0.717) is 49.7 Å². The molecule has 9 nitrogen and oxygen atoms in total. The fourth-order valence-corrected chi connectivity index (χ4v) is 5.57. The minimum atomic E-state index is -3.71. The van der Waals surface area contributed by atoms with E-state index in [2.05, 4.69) is 5.32 Å². The number of nitrogens with zero attached hydrogens (tertiary/aromatic N) is 1. The van der Waals surface area contributed by atoms with Crippen LogP contribution in [0.5, 0.6) is 11.5 Å². The van der Waals surface area contributed by atoms with Gasteiger partial charge < -0.3 is 19.5 Å². The highest BCUT2D eigenvalue weighted by Crippen LogP contribution is 2.34. The number of piperidine rings is 1. The Morgan fingerprint density at radius 1 is 1.23 bits per heavy atom. The smallest absolute Gasteiger partial charge is 0.328 e. The predicted molar refractivity (Wildman–Crippen MR) is 116 cm³/mol. The van der Waals surface area contributed by atoms with Crippen molar-refractivity contribution in [2.75, 3.05) is 45.4 Å². The summed E-state index contributed by atoms with van der Waals surface area (Å²) in [5.41, 5.74) is 0. The van der Waals surface area contributed by atoms with Gasteiger partial charge in [0.05, 0.1) is 12.0 Å². The molecular formula is C20H28N2O7S2. The Balaban J connectivity index is 1.60. The monoisotopic (exact) mass is 472 g/mol. The fraction of sp³-hybridized carbons (Fsp3) is 0.600. The van der Waals surface area contributed by atoms with E-state index in [4.69, 9.17) is 14.2 Å². The van der Waals surface area contributed by atoms with Crippen molar-refractivity contribution in [2.45, 2.75) is 30.2 Å². The van der Waals surface area contributed by atoms with E-state index in [0.717, 1.165) is 0 Å². The number of thioether (sulfide) groups is 1. The average Bonchev–Trinajstić information content (AvgIpc) is 2.80. The van der Waals surface area contributed by atoms with Gasteiger partial charge >= 0.3 is 5.97 Å². The van der Waals surface area contributed by atoms with Crippen molar-refractivity contribution in [1.29, 1.82) is 0 Å². The van der Waals surface area contributed by atoms with Gasteiger partial charge in [0.2, 0.25) is 15.9 Å². The molecule has 2 aliphatic rings. The molecule has 11 heteroatoms. The summed E-state index contributed by atoms with van der Waals surface area (Å²) >= 11 is 1.58. The van der Waals surface area contributed by atoms with Gasteiger partial charge in [0.25, 0.3) is 0 Å². The Bertz CT molecular complexity index is 899. The lowest BCUT2D eigenvalue weighted by Gasteiger charge is -2.31. The summed E-state index contributed by atoms with van der Waals surface area (Å²) in [7, 11) is -2.41. The molecule has 1 fully saturated rings. The second-order valence-corrected chi connectivity index (χ2v) is 10.3. The van der Waals surface area contributed by atoms with Gasteiger partial charge in [-0.15, -0.1) is 0 Å². The Morgan fingerprint density at radius 3 is 2.55 bits per heavy atom. The number of esters is 1. The maximum Gasteiger partial charge on any atom is 0.328 e. The molecule has 3 rings (SSSR count). The van der Waals surface area contributed by atoms with Crippen molar-refractivity contribution in [3.05, 3.63) is 18.2 Å². The van der Waals surface area contributed by atoms with Crippen molar-refractivity contribution < 1.29 is 32.2 Å². The number of hydrogen-bond donors (Lipinski definition) is 1. The zero-order valence-electron chi connectivity index (χ0n) is 17.7. The van der Waals surface area contributed by atoms with Crippen LogP contribution in [0.4, 0.5) is 0 Å². The van der Waals surface area contributed by atoms with E-state index in [-0.39, 0.29) is 29.8 Å². The van der Waals surface area contributed by atoms with Gasteiger partial charge in [-0.1, -0.05) is 0 Å². The normalized spacial score (nSPS) is 18.3. The molecule has 0 spiro atoms. The average molecular weight is 473 g/mol. The number of carbonyl (C=O) groups excluding carboxylic acids is 2. The first-order valence-corrected chi connectivity index (χ1v) is 13.0. The van der Waals surface area contributed by atoms with E-state index in [1.54, 1.807) is 17.8 Å². The number of sulfonamides is 1. The topological polar surface area (TPSA) is 111 Å². The zero-order valence-corrected chi connectivity index (χ0v) is 19.3. The highest BCUT2D eigenvalue weighted by molar-refractivity contribution is 7.98. The summed E-state index contributed by atoms with van der Waals surface area (Å²) in [6, 6.07) is 3.90. The summed E-state index contributed by atoms with van der Waals surface area (Å²) in [5.74, 6) is 0.594. The minimum absolute atomic E-state index is 0.141. The van der Waals surface area contributed by atoms with E-state index in [1.165, 1.54) is 23.5 Å². The number of benzene rings is 1. The fourth-order valence-electron chi connectivity index (χ4n) is 3.61. The standard InChI is InChI=1S/C20H28N2O7S2/c1-27-20(24)16(7-12-30-2)21-19(23)14-5-8-22(9-6-14)31(25,26)15-3-4-17-18(13-15)29-11-10-28-17/h3-4,13-14,16H,5-12H2,1-2H3,(H,21,23)/t16-/m0/s1. The lowest BCUT2D eigenvalue weighted by molar-refractivity contribution is -0.145. The third-order valence-electron chi connectivity index (χ3n) is 5.39. The quantitative estimate of drug-likeness (QED) is 0.563. The van der Waals surface area contributed by atoms with E-state index in [1.807, 2.05) is 6.26 Å². The summed E-state index contributed by atoms with van der Waals surface area (Å²) in [4.78, 5) is 24.7. The van der Waals surface area contributed by atoms with Crippen molar-refractivity contribution in [3.8, 4) is 11.5 Å². The summed E-state index contributed by atoms with van der Waals surface area (Å²) in [6.45, 7) is 1.26. The Morgan fingerprint density at radius 2 is 1.90 bits per heavy atom. The largest absolute Gasteiger partial charge is 0.486 e. The SMILES string of the molecule is COC(=O)[C@H](CCSC)NC(=O)C1CCN(S(=O)(=O)c2ccc3c(c2)OCCO3)CC1. The number of rotatable bonds is 8. The molecule has 0 radical (unpaired) electrons. The molecule has 1 aromatic rings. The molecule has 172 valence electrons. The minimum Gasteiger partial charge on any atom is -0.486 e. The van der Waals surface area contributed by atoms with Crippen molar-refractivity contribution in [1.82, 2.24) is 9.62 Å². The van der Waals surface area contributed by atoms with Crippen molar-refractivity contribution >= 4 is 33.7 Å². The summed E-state index contributed by atoms with van der Waals surface area (Å²) < 4.78 is 43.2. The third-order valence-corrected chi connectivity index (χ3v) is 7.93. The van der Waals surface area contributed by atoms with E-state index >= 15 is 0 Å². The van der Waals surface area contributed by atoms with Crippen LogP contribution in [0.1, 0.15) is 19.3 Å². The van der Waals surface area contributed by atoms with Crippen LogP contribution in [0.15, 0.2) is 23.1 Å². The highest BCUT2D eigenvalue weighted by atomic mass is 32.2. The second-order valence-electron chi connectivity index (χ2n) is 7.35. The lowest BCUT2D eigenvalue weighted by atomic mass is 9.96. The molecule has 1 aromatic carbocycles. The van der Waals surface area contributed by atoms with Gasteiger partial charge in [-0.3, -0.25) is 4.79 Å². The van der Waals surface area contributed by atoms with Gasteiger partial charge in [-0.05, 0) is 43.4 Å². The van der Waals surface area contributed by atoms with Crippen LogP contribution in [0.25, 0.3) is 0 Å². The van der Waals surface area contributed by atoms with Gasteiger partial charge in [0.15, 0.2) is 11.5 Å². The van der Waals surface area contributed by atoms with Crippen molar-refractivity contribution in [3.63, 3.8) is 0 Å². The van der Waals surface area contributed by atoms with Crippen LogP contribution in [-0.4, -0.2) is 76.1 Å². The van der Waals surface area contributed by atoms with Crippen LogP contribution in [0, 0.1) is 5.92 Å². The molecule has 1 N–H and O–H groups in total. The highest BCUT2D eigenvalue weighted by Gasteiger charge is 2.34. The van der Waals surface area contributed by atoms with Crippen molar-refractivity contribution in [2.24, 2.45) is 5.92 Å². The first-order valence-electron chi connectivity index (χ1n) is 10.1. The van der Waals surface area contributed by atoms with Gasteiger partial charge in [-0.25, -0.2) is 13.2 Å². The first kappa shape index (κ1) is 23.7. The van der Waals surface area contributed by atoms with Crippen LogP contribution >= 0.6 is 11.8 Å². The zero-order chi connectivity index (χ0) is 22.4. The molecule has 1 amide bonds. The molecule has 0 bridgehead atoms. The number of nitrogens with one attached hydrogen (secondary N) is 1. The third kappa shape index (κ3) is 5.64. The van der Waals surface area contributed by atoms with E-state index < -0.39 is 22.0 Å². The summed E-state index contributed by atoms with van der Waals surface area (Å²) in [6.07, 6.45) is 3.17. The molecule has 0 saturated carbocycles. The van der Waals surface area contributed by atoms with Crippen LogP contribution in [0.2, 0.25) is 0 Å². The molecule has 0 unspecified atom stereocenters. The summed E-state index contributed by atoms with van der Waals surface area (Å²) in [5, 5.41) is 2.77. The van der Waals surface area contributed by atoms with Crippen LogP contribution in [0.3, 0.4) is 0 Å². The molecule has 1 atom stereocenters. The maximum absolute atomic E-state index is 13.0. The van der Waals surface area contributed by atoms with Gasteiger partial charge in [-0.2, -0.15) is 16.1 Å². The predicted octanol–water partition coefficient (Wildman–Crippen LogP) is 1.27. The van der Waals surface area contributed by atoms with Gasteiger partial charge in [0.1, 0.15) is 19.3 Å². The second kappa shape index (κ2) is 10.6. The Kier molecular flexibility index (Phi) is 8.06. The number of ether oxygens (including phenoxy) is 3. The molecule has 31 heavy (non-hydrogen) atoms.